The van der Waals surface area contributed by atoms with Crippen LogP contribution >= 0.6 is 0 Å². The van der Waals surface area contributed by atoms with Crippen molar-refractivity contribution >= 4 is 59.3 Å². The number of amides is 9. The molecule has 1 heterocycles. The maximum Gasteiger partial charge on any atom is 0.408 e. The molecule has 0 radical (unpaired) electrons. The third-order valence-corrected chi connectivity index (χ3v) is 12.0. The van der Waals surface area contributed by atoms with Crippen molar-refractivity contribution in [3.05, 3.63) is 120 Å². The summed E-state index contributed by atoms with van der Waals surface area (Å²) in [6, 6.07) is 15.4. The molecule has 9 amide bonds. The molecule has 0 unspecified atom stereocenters. The number of carboxylic acids is 1. The number of carboxylic acid groups (broad SMARTS) is 1. The molecule has 0 fully saturated rings. The van der Waals surface area contributed by atoms with Gasteiger partial charge >= 0.3 is 12.1 Å². The first-order chi connectivity index (χ1) is 37.4. The number of primary amides is 1. The predicted molar refractivity (Wildman–Crippen MR) is 281 cm³/mol. The van der Waals surface area contributed by atoms with Gasteiger partial charge in [0.05, 0.1) is 25.4 Å². The van der Waals surface area contributed by atoms with Gasteiger partial charge in [-0.3, -0.25) is 43.2 Å². The molecule has 0 aliphatic carbocycles. The van der Waals surface area contributed by atoms with E-state index in [1.54, 1.807) is 67.9 Å². The largest absolute Gasteiger partial charge is 0.481 e. The fourth-order valence-corrected chi connectivity index (χ4v) is 8.09. The van der Waals surface area contributed by atoms with Gasteiger partial charge in [-0.25, -0.2) is 13.6 Å². The van der Waals surface area contributed by atoms with Crippen LogP contribution in [-0.4, -0.2) is 136 Å². The van der Waals surface area contributed by atoms with Crippen molar-refractivity contribution in [3.8, 4) is 11.1 Å². The van der Waals surface area contributed by atoms with Crippen LogP contribution in [0.15, 0.2) is 91.1 Å². The molecule has 23 nitrogen and oxygen atoms in total. The minimum absolute atomic E-state index is 0.0745. The molecule has 0 saturated carbocycles. The van der Waals surface area contributed by atoms with Crippen LogP contribution in [0.4, 0.5) is 13.6 Å². The minimum atomic E-state index is -1.77. The summed E-state index contributed by atoms with van der Waals surface area (Å²) in [6.07, 6.45) is -1.38. The lowest BCUT2D eigenvalue weighted by Gasteiger charge is -2.41. The first kappa shape index (κ1) is 62.8. The lowest BCUT2D eigenvalue weighted by molar-refractivity contribution is -0.140. The number of nitrogens with one attached hydrogen (secondary N) is 7. The van der Waals surface area contributed by atoms with Crippen molar-refractivity contribution in [2.75, 3.05) is 32.8 Å². The molecule has 4 rings (SSSR count). The number of alkyl carbamates (subject to hydrolysis) is 1. The van der Waals surface area contributed by atoms with Gasteiger partial charge in [0.15, 0.2) is 0 Å². The van der Waals surface area contributed by atoms with Crippen LogP contribution in [-0.2, 0) is 61.0 Å². The Labute approximate surface area is 454 Å². The predicted octanol–water partition coefficient (Wildman–Crippen LogP) is 1.66. The average Bonchev–Trinajstić information content (AvgIpc) is 3.83. The number of aliphatic hydroxyl groups excluding tert-OH is 1. The topological polar surface area (TPSA) is 339 Å². The number of aromatic nitrogens is 1. The molecular weight excluding hydrogens is 1030 g/mol. The second-order valence-corrected chi connectivity index (χ2v) is 19.5. The van der Waals surface area contributed by atoms with E-state index < -0.39 is 139 Å². The molecule has 0 bridgehead atoms. The molecule has 3 aromatic carbocycles. The minimum Gasteiger partial charge on any atom is -0.481 e. The van der Waals surface area contributed by atoms with E-state index in [0.29, 0.717) is 11.3 Å². The van der Waals surface area contributed by atoms with Crippen LogP contribution in [0.2, 0.25) is 0 Å². The summed E-state index contributed by atoms with van der Waals surface area (Å²) in [5.74, 6) is -9.79. The van der Waals surface area contributed by atoms with Crippen molar-refractivity contribution in [2.24, 2.45) is 11.1 Å². The molecule has 4 aromatic rings. The van der Waals surface area contributed by atoms with Crippen LogP contribution in [0.25, 0.3) is 11.1 Å². The van der Waals surface area contributed by atoms with Gasteiger partial charge in [0, 0.05) is 55.6 Å². The number of hydrogen-bond acceptors (Lipinski definition) is 12. The smallest absolute Gasteiger partial charge is 0.408 e. The van der Waals surface area contributed by atoms with Gasteiger partial charge in [0.1, 0.15) is 49.0 Å². The SMILES string of the molecule is C[C@H](NC(=O)OCc1ccccc1)C(=O)N[C@@H](C)C(=O)N[C@@H](CC(N)=O)C(=O)N[C@@H](CCN(C(=O)CO)[C@@H](c1cc(-c2cc(F)ccc2F)cn1Cc1ccccc1)C(C)(C)C)C(=O)NCCNC(=O)CNC(=O)CCC(=O)O. The zero-order chi connectivity index (χ0) is 58.4. The number of benzene rings is 3. The molecule has 0 spiro atoms. The van der Waals surface area contributed by atoms with E-state index >= 15 is 4.39 Å². The molecule has 0 aliphatic rings. The van der Waals surface area contributed by atoms with Crippen LogP contribution in [0, 0.1) is 17.0 Å². The number of nitrogens with zero attached hydrogens (tertiary/aromatic N) is 2. The molecule has 0 saturated heterocycles. The van der Waals surface area contributed by atoms with E-state index in [-0.39, 0.29) is 50.3 Å². The number of nitrogens with two attached hydrogens (primary N) is 1. The van der Waals surface area contributed by atoms with Crippen molar-refractivity contribution in [1.82, 2.24) is 46.7 Å². The highest BCUT2D eigenvalue weighted by molar-refractivity contribution is 5.97. The molecule has 5 atom stereocenters. The monoisotopic (exact) mass is 1100 g/mol. The Hall–Kier alpha value is -8.74. The van der Waals surface area contributed by atoms with E-state index in [0.717, 1.165) is 23.8 Å². The standard InChI is InChI=1S/C54H68F2N10O13/c1-32(61-49(74)33(2)62-53(78)79-31-35-14-10-7-11-15-35)50(75)64-41(26-43(57)68)52(77)63-40(51(76)59-22-21-58-45(70)27-60-44(69)18-19-47(72)73)20-23-66(46(71)30-67)48(54(3,4)5)42-24-36(38-25-37(55)16-17-39(38)56)29-65(42)28-34-12-8-6-9-13-34/h6-17,24-25,29,32-33,40-41,48,67H,18-23,26-28,30-31H2,1-5H3,(H2,57,68)(H,58,70)(H,59,76)(H,60,69)(H,61,74)(H,62,78)(H,63,77)(H,64,75)(H,72,73)/t32-,33-,40-,41-,48-/m0/s1. The summed E-state index contributed by atoms with van der Waals surface area (Å²) >= 11 is 0. The number of carbonyl (C=O) groups excluding carboxylic acids is 9. The first-order valence-corrected chi connectivity index (χ1v) is 25.2. The van der Waals surface area contributed by atoms with Gasteiger partial charge in [-0.2, -0.15) is 0 Å². The quantitative estimate of drug-likeness (QED) is 0.0347. The van der Waals surface area contributed by atoms with Gasteiger partial charge in [-0.15, -0.1) is 0 Å². The van der Waals surface area contributed by atoms with Crippen molar-refractivity contribution in [3.63, 3.8) is 0 Å². The van der Waals surface area contributed by atoms with Gasteiger partial charge in [0.2, 0.25) is 47.3 Å². The Balaban J connectivity index is 1.61. The van der Waals surface area contributed by atoms with E-state index in [9.17, 15) is 57.4 Å². The summed E-state index contributed by atoms with van der Waals surface area (Å²) in [5.41, 5.74) is 6.67. The van der Waals surface area contributed by atoms with Crippen molar-refractivity contribution in [1.29, 1.82) is 0 Å². The van der Waals surface area contributed by atoms with Crippen LogP contribution in [0.3, 0.4) is 0 Å². The first-order valence-electron chi connectivity index (χ1n) is 25.2. The third-order valence-electron chi connectivity index (χ3n) is 12.0. The number of halogens is 2. The van der Waals surface area contributed by atoms with E-state index in [1.807, 2.05) is 30.3 Å². The number of rotatable bonds is 29. The van der Waals surface area contributed by atoms with Gasteiger partial charge in [-0.1, -0.05) is 81.4 Å². The maximum absolute atomic E-state index is 15.4. The highest BCUT2D eigenvalue weighted by atomic mass is 19.1. The zero-order valence-electron chi connectivity index (χ0n) is 44.4. The molecule has 25 heteroatoms. The van der Waals surface area contributed by atoms with Crippen LogP contribution in [0.1, 0.15) is 83.2 Å². The summed E-state index contributed by atoms with van der Waals surface area (Å²) in [5, 5.41) is 36.1. The summed E-state index contributed by atoms with van der Waals surface area (Å²) in [6.45, 7) is 5.60. The highest BCUT2D eigenvalue weighted by Gasteiger charge is 2.39. The number of aliphatic hydroxyl groups is 1. The van der Waals surface area contributed by atoms with Crippen molar-refractivity contribution in [2.45, 2.75) is 104 Å². The average molecular weight is 1100 g/mol. The fraction of sp³-hybridized carbons (Fsp3) is 0.407. The third kappa shape index (κ3) is 20.6. The Morgan fingerprint density at radius 2 is 1.32 bits per heavy atom. The van der Waals surface area contributed by atoms with E-state index in [2.05, 4.69) is 37.2 Å². The highest BCUT2D eigenvalue weighted by Crippen LogP contribution is 2.41. The number of carbonyl (C=O) groups is 10. The molecule has 79 heavy (non-hydrogen) atoms. The summed E-state index contributed by atoms with van der Waals surface area (Å²) < 4.78 is 36.9. The summed E-state index contributed by atoms with van der Waals surface area (Å²) in [7, 11) is 0. The van der Waals surface area contributed by atoms with Gasteiger partial charge in [0.25, 0.3) is 0 Å². The second kappa shape index (κ2) is 30.3. The number of ether oxygens (including phenoxy) is 1. The molecule has 426 valence electrons. The molecule has 1 aromatic heterocycles. The van der Waals surface area contributed by atoms with E-state index in [1.165, 1.54) is 18.7 Å². The molecular formula is C54H68F2N10O13. The number of aliphatic carboxylic acids is 1. The molecule has 11 N–H and O–H groups in total. The van der Waals surface area contributed by atoms with Gasteiger partial charge in [-0.05, 0) is 61.1 Å². The fourth-order valence-electron chi connectivity index (χ4n) is 8.09. The Kier molecular flexibility index (Phi) is 24.1. The Morgan fingerprint density at radius 1 is 0.709 bits per heavy atom. The lowest BCUT2D eigenvalue weighted by atomic mass is 9.82. The Bertz CT molecular complexity index is 2790. The lowest BCUT2D eigenvalue weighted by Crippen LogP contribution is -2.58. The summed E-state index contributed by atoms with van der Waals surface area (Å²) in [4.78, 5) is 130. The second-order valence-electron chi connectivity index (χ2n) is 19.5. The normalized spacial score (nSPS) is 13.0. The Morgan fingerprint density at radius 3 is 1.94 bits per heavy atom. The number of hydrogen-bond donors (Lipinski definition) is 10. The van der Waals surface area contributed by atoms with E-state index in [4.69, 9.17) is 15.6 Å². The zero-order valence-corrected chi connectivity index (χ0v) is 44.4. The maximum atomic E-state index is 15.4. The van der Waals surface area contributed by atoms with Crippen molar-refractivity contribution < 1.29 is 71.7 Å². The van der Waals surface area contributed by atoms with Crippen LogP contribution in [0.5, 0.6) is 0 Å². The van der Waals surface area contributed by atoms with Gasteiger partial charge < -0.3 is 67.4 Å². The molecule has 0 aliphatic heterocycles. The van der Waals surface area contributed by atoms with Crippen LogP contribution < -0.4 is 43.0 Å².